The van der Waals surface area contributed by atoms with Crippen LogP contribution in [-0.2, 0) is 20.8 Å². The molecule has 1 aromatic carbocycles. The second-order valence-electron chi connectivity index (χ2n) is 7.05. The Bertz CT molecular complexity index is 681. The van der Waals surface area contributed by atoms with Crippen LogP contribution in [0, 0.1) is 0 Å². The average molecular weight is 373 g/mol. The number of carbonyl (C=O) groups is 3. The second-order valence-corrected chi connectivity index (χ2v) is 7.05. The summed E-state index contributed by atoms with van der Waals surface area (Å²) in [5, 5.41) is 2.88. The predicted molar refractivity (Wildman–Crippen MR) is 108 cm³/mol. The molecular formula is C21H31N3O3. The molecule has 0 aliphatic carbocycles. The van der Waals surface area contributed by atoms with Gasteiger partial charge in [-0.05, 0) is 49.4 Å². The zero-order chi connectivity index (χ0) is 19.8. The monoisotopic (exact) mass is 373 g/mol. The summed E-state index contributed by atoms with van der Waals surface area (Å²) in [5.41, 5.74) is 2.72. The molecular weight excluding hydrogens is 342 g/mol. The molecule has 148 valence electrons. The zero-order valence-corrected chi connectivity index (χ0v) is 16.7. The number of amides is 3. The molecule has 0 saturated heterocycles. The first-order chi connectivity index (χ1) is 13.0. The Morgan fingerprint density at radius 3 is 2.44 bits per heavy atom. The third kappa shape index (κ3) is 5.81. The van der Waals surface area contributed by atoms with E-state index in [0.29, 0.717) is 0 Å². The lowest BCUT2D eigenvalue weighted by Crippen LogP contribution is -2.33. The molecule has 1 N–H and O–H groups in total. The summed E-state index contributed by atoms with van der Waals surface area (Å²) in [7, 11) is 0. The quantitative estimate of drug-likeness (QED) is 0.760. The lowest BCUT2D eigenvalue weighted by Gasteiger charge is -2.29. The van der Waals surface area contributed by atoms with E-state index in [4.69, 9.17) is 0 Å². The van der Waals surface area contributed by atoms with Crippen molar-refractivity contribution in [3.8, 4) is 0 Å². The second kappa shape index (κ2) is 10.1. The lowest BCUT2D eigenvalue weighted by molar-refractivity contribution is -0.133. The Morgan fingerprint density at radius 2 is 1.81 bits per heavy atom. The van der Waals surface area contributed by atoms with Crippen LogP contribution < -0.4 is 10.2 Å². The average Bonchev–Trinajstić information content (AvgIpc) is 2.65. The van der Waals surface area contributed by atoms with Gasteiger partial charge in [0, 0.05) is 50.8 Å². The number of benzene rings is 1. The van der Waals surface area contributed by atoms with Gasteiger partial charge >= 0.3 is 0 Å². The van der Waals surface area contributed by atoms with Crippen molar-refractivity contribution in [3.63, 3.8) is 0 Å². The summed E-state index contributed by atoms with van der Waals surface area (Å²) in [6.45, 7) is 7.89. The number of fused-ring (bicyclic) bond motifs is 1. The highest BCUT2D eigenvalue weighted by Crippen LogP contribution is 2.29. The maximum absolute atomic E-state index is 12.3. The zero-order valence-electron chi connectivity index (χ0n) is 16.7. The molecule has 0 atom stereocenters. The highest BCUT2D eigenvalue weighted by Gasteiger charge is 2.20. The van der Waals surface area contributed by atoms with Crippen LogP contribution in [0.2, 0.25) is 0 Å². The maximum Gasteiger partial charge on any atom is 0.224 e. The number of hydrogen-bond acceptors (Lipinski definition) is 3. The van der Waals surface area contributed by atoms with Crippen LogP contribution in [0.4, 0.5) is 11.4 Å². The molecule has 1 aliphatic rings. The van der Waals surface area contributed by atoms with Gasteiger partial charge in [0.1, 0.15) is 0 Å². The molecule has 27 heavy (non-hydrogen) atoms. The Balaban J connectivity index is 1.92. The van der Waals surface area contributed by atoms with E-state index in [0.717, 1.165) is 62.3 Å². The standard InChI is InChI=1S/C21H31N3O3/c1-4-12-23(13-5-2)21(27)11-10-20(26)22-18-8-9-19-17(15-18)7-6-14-24(19)16(3)25/h8-9,15H,4-7,10-14H2,1-3H3,(H,22,26). The van der Waals surface area contributed by atoms with E-state index in [1.807, 2.05) is 36.9 Å². The van der Waals surface area contributed by atoms with Crippen molar-refractivity contribution >= 4 is 29.1 Å². The Morgan fingerprint density at radius 1 is 1.11 bits per heavy atom. The van der Waals surface area contributed by atoms with Gasteiger partial charge in [0.2, 0.25) is 17.7 Å². The van der Waals surface area contributed by atoms with Crippen LogP contribution in [0.15, 0.2) is 18.2 Å². The first kappa shape index (κ1) is 20.9. The van der Waals surface area contributed by atoms with Gasteiger partial charge in [-0.2, -0.15) is 0 Å². The summed E-state index contributed by atoms with van der Waals surface area (Å²) >= 11 is 0. The van der Waals surface area contributed by atoms with Crippen LogP contribution in [-0.4, -0.2) is 42.3 Å². The molecule has 1 heterocycles. The van der Waals surface area contributed by atoms with Crippen molar-refractivity contribution in [3.05, 3.63) is 23.8 Å². The number of carbonyl (C=O) groups excluding carboxylic acids is 3. The SMILES string of the molecule is CCCN(CCC)C(=O)CCC(=O)Nc1ccc2c(c1)CCCN2C(C)=O. The van der Waals surface area contributed by atoms with Crippen LogP contribution >= 0.6 is 0 Å². The van der Waals surface area contributed by atoms with E-state index >= 15 is 0 Å². The number of rotatable bonds is 8. The minimum atomic E-state index is -0.157. The Kier molecular flexibility index (Phi) is 7.82. The van der Waals surface area contributed by atoms with E-state index in [2.05, 4.69) is 5.32 Å². The fourth-order valence-corrected chi connectivity index (χ4v) is 3.51. The molecule has 0 bridgehead atoms. The number of aryl methyl sites for hydroxylation is 1. The van der Waals surface area contributed by atoms with Crippen molar-refractivity contribution in [2.24, 2.45) is 0 Å². The van der Waals surface area contributed by atoms with Crippen LogP contribution in [0.3, 0.4) is 0 Å². The van der Waals surface area contributed by atoms with Gasteiger partial charge in [-0.1, -0.05) is 13.8 Å². The Labute approximate surface area is 161 Å². The molecule has 6 nitrogen and oxygen atoms in total. The Hall–Kier alpha value is -2.37. The van der Waals surface area contributed by atoms with Crippen molar-refractivity contribution in [1.82, 2.24) is 4.90 Å². The van der Waals surface area contributed by atoms with Crippen LogP contribution in [0.25, 0.3) is 0 Å². The lowest BCUT2D eigenvalue weighted by atomic mass is 10.0. The van der Waals surface area contributed by atoms with E-state index in [-0.39, 0.29) is 30.6 Å². The number of anilines is 2. The molecule has 6 heteroatoms. The van der Waals surface area contributed by atoms with Gasteiger partial charge in [0.05, 0.1) is 0 Å². The van der Waals surface area contributed by atoms with Crippen molar-refractivity contribution in [2.75, 3.05) is 29.9 Å². The third-order valence-electron chi connectivity index (χ3n) is 4.77. The fourth-order valence-electron chi connectivity index (χ4n) is 3.51. The summed E-state index contributed by atoms with van der Waals surface area (Å²) < 4.78 is 0. The molecule has 0 radical (unpaired) electrons. The number of nitrogens with zero attached hydrogens (tertiary/aromatic N) is 2. The smallest absolute Gasteiger partial charge is 0.224 e. The first-order valence-corrected chi connectivity index (χ1v) is 9.94. The van der Waals surface area contributed by atoms with Gasteiger partial charge in [-0.3, -0.25) is 14.4 Å². The molecule has 0 spiro atoms. The largest absolute Gasteiger partial charge is 0.343 e. The van der Waals surface area contributed by atoms with E-state index in [1.54, 1.807) is 11.8 Å². The van der Waals surface area contributed by atoms with Gasteiger partial charge in [-0.15, -0.1) is 0 Å². The molecule has 3 amide bonds. The van der Waals surface area contributed by atoms with Gasteiger partial charge in [0.25, 0.3) is 0 Å². The number of nitrogens with one attached hydrogen (secondary N) is 1. The van der Waals surface area contributed by atoms with E-state index < -0.39 is 0 Å². The minimum Gasteiger partial charge on any atom is -0.343 e. The minimum absolute atomic E-state index is 0.0370. The summed E-state index contributed by atoms with van der Waals surface area (Å²) in [4.78, 5) is 39.9. The third-order valence-corrected chi connectivity index (χ3v) is 4.77. The predicted octanol–water partition coefficient (Wildman–Crippen LogP) is 3.35. The normalized spacial score (nSPS) is 13.1. The highest BCUT2D eigenvalue weighted by atomic mass is 16.2. The van der Waals surface area contributed by atoms with E-state index in [1.165, 1.54) is 0 Å². The molecule has 0 aromatic heterocycles. The van der Waals surface area contributed by atoms with Crippen LogP contribution in [0.5, 0.6) is 0 Å². The first-order valence-electron chi connectivity index (χ1n) is 9.94. The van der Waals surface area contributed by atoms with Crippen molar-refractivity contribution < 1.29 is 14.4 Å². The summed E-state index contributed by atoms with van der Waals surface area (Å²) in [6, 6.07) is 5.64. The molecule has 1 aromatic rings. The van der Waals surface area contributed by atoms with Crippen molar-refractivity contribution in [2.45, 2.75) is 59.3 Å². The maximum atomic E-state index is 12.3. The molecule has 0 unspecified atom stereocenters. The molecule has 0 saturated carbocycles. The highest BCUT2D eigenvalue weighted by molar-refractivity contribution is 5.95. The number of hydrogen-bond donors (Lipinski definition) is 1. The molecule has 0 fully saturated rings. The van der Waals surface area contributed by atoms with Crippen molar-refractivity contribution in [1.29, 1.82) is 0 Å². The molecule has 1 aliphatic heterocycles. The van der Waals surface area contributed by atoms with Gasteiger partial charge in [-0.25, -0.2) is 0 Å². The van der Waals surface area contributed by atoms with Gasteiger partial charge < -0.3 is 15.1 Å². The summed E-state index contributed by atoms with van der Waals surface area (Å²) in [5.74, 6) is -0.0816. The fraction of sp³-hybridized carbons (Fsp3) is 0.571. The molecule has 2 rings (SSSR count). The van der Waals surface area contributed by atoms with E-state index in [9.17, 15) is 14.4 Å². The van der Waals surface area contributed by atoms with Gasteiger partial charge in [0.15, 0.2) is 0 Å². The topological polar surface area (TPSA) is 69.7 Å². The van der Waals surface area contributed by atoms with Crippen LogP contribution in [0.1, 0.15) is 58.4 Å². The summed E-state index contributed by atoms with van der Waals surface area (Å²) in [6.07, 6.45) is 4.07.